The van der Waals surface area contributed by atoms with E-state index in [0.29, 0.717) is 0 Å². The number of nitrogens with zero attached hydrogens (tertiary/aromatic N) is 2. The molecule has 2 aliphatic rings. The Morgan fingerprint density at radius 1 is 0.950 bits per heavy atom. The summed E-state index contributed by atoms with van der Waals surface area (Å²) in [5, 5.41) is 3.88. The number of hydrogen-bond donors (Lipinski definition) is 1. The molecule has 0 bridgehead atoms. The minimum atomic E-state index is 0.764. The lowest BCUT2D eigenvalue weighted by Gasteiger charge is -2.27. The maximum Gasteiger partial charge on any atom is 0.0124 e. The molecule has 3 heteroatoms. The summed E-state index contributed by atoms with van der Waals surface area (Å²) in [6.07, 6.45) is 5.91. The van der Waals surface area contributed by atoms with Gasteiger partial charge in [-0.15, -0.1) is 0 Å². The van der Waals surface area contributed by atoms with Gasteiger partial charge in [0.05, 0.1) is 0 Å². The van der Waals surface area contributed by atoms with E-state index in [0.717, 1.165) is 23.8 Å². The molecule has 2 aliphatic carbocycles. The highest BCUT2D eigenvalue weighted by atomic mass is 15.2. The molecule has 0 unspecified atom stereocenters. The molecule has 2 rings (SSSR count). The maximum absolute atomic E-state index is 3.88. The van der Waals surface area contributed by atoms with Gasteiger partial charge in [-0.2, -0.15) is 0 Å². The fourth-order valence-electron chi connectivity index (χ4n) is 3.17. The van der Waals surface area contributed by atoms with E-state index in [9.17, 15) is 0 Å². The normalized spacial score (nSPS) is 19.8. The molecule has 0 amide bonds. The summed E-state index contributed by atoms with van der Waals surface area (Å²) in [4.78, 5) is 4.92. The van der Waals surface area contributed by atoms with Crippen molar-refractivity contribution in [2.24, 2.45) is 17.8 Å². The van der Waals surface area contributed by atoms with Gasteiger partial charge in [0.2, 0.25) is 0 Å². The van der Waals surface area contributed by atoms with Crippen LogP contribution in [0.1, 0.15) is 39.5 Å². The fourth-order valence-corrected chi connectivity index (χ4v) is 3.17. The molecular formula is C17H35N3. The Balaban J connectivity index is 1.66. The van der Waals surface area contributed by atoms with Crippen molar-refractivity contribution in [2.75, 3.05) is 46.8 Å². The average Bonchev–Trinajstić information content (AvgIpc) is 3.24. The maximum atomic E-state index is 3.88. The van der Waals surface area contributed by atoms with Gasteiger partial charge < -0.3 is 15.1 Å². The summed E-state index contributed by atoms with van der Waals surface area (Å²) >= 11 is 0. The van der Waals surface area contributed by atoms with Gasteiger partial charge in [0, 0.05) is 38.8 Å². The Labute approximate surface area is 126 Å². The van der Waals surface area contributed by atoms with E-state index in [1.165, 1.54) is 58.4 Å². The summed E-state index contributed by atoms with van der Waals surface area (Å²) in [5.74, 6) is 2.80. The number of hydrogen-bond acceptors (Lipinski definition) is 3. The van der Waals surface area contributed by atoms with Gasteiger partial charge in [-0.05, 0) is 57.5 Å². The van der Waals surface area contributed by atoms with Crippen LogP contribution in [0.25, 0.3) is 0 Å². The van der Waals surface area contributed by atoms with E-state index in [2.05, 4.69) is 43.1 Å². The minimum Gasteiger partial charge on any atom is -0.312 e. The summed E-state index contributed by atoms with van der Waals surface area (Å²) in [6, 6.07) is 0.852. The van der Waals surface area contributed by atoms with Gasteiger partial charge in [-0.1, -0.05) is 13.8 Å². The number of nitrogens with one attached hydrogen (secondary N) is 1. The standard InChI is InChI=1S/C17H35N3/c1-14(2)13-20(12-11-19(3)4)10-9-18-17(15-5-6-15)16-7-8-16/h14-18H,5-13H2,1-4H3. The molecule has 0 saturated heterocycles. The predicted octanol–water partition coefficient (Wildman–Crippen LogP) is 2.28. The quantitative estimate of drug-likeness (QED) is 0.627. The summed E-state index contributed by atoms with van der Waals surface area (Å²) < 4.78 is 0. The third kappa shape index (κ3) is 6.11. The van der Waals surface area contributed by atoms with E-state index in [-0.39, 0.29) is 0 Å². The molecule has 1 N–H and O–H groups in total. The van der Waals surface area contributed by atoms with Crippen molar-refractivity contribution in [1.82, 2.24) is 15.1 Å². The van der Waals surface area contributed by atoms with E-state index < -0.39 is 0 Å². The van der Waals surface area contributed by atoms with Crippen LogP contribution in [0.4, 0.5) is 0 Å². The van der Waals surface area contributed by atoms with Crippen molar-refractivity contribution < 1.29 is 0 Å². The van der Waals surface area contributed by atoms with Crippen LogP contribution in [0.5, 0.6) is 0 Å². The third-order valence-corrected chi connectivity index (χ3v) is 4.55. The Morgan fingerprint density at radius 2 is 1.55 bits per heavy atom. The van der Waals surface area contributed by atoms with Crippen LogP contribution in [0.15, 0.2) is 0 Å². The molecule has 0 aromatic rings. The Bertz CT molecular complexity index is 257. The predicted molar refractivity (Wildman–Crippen MR) is 87.1 cm³/mol. The van der Waals surface area contributed by atoms with Crippen LogP contribution >= 0.6 is 0 Å². The van der Waals surface area contributed by atoms with Crippen molar-refractivity contribution >= 4 is 0 Å². The Morgan fingerprint density at radius 3 is 2.00 bits per heavy atom. The number of rotatable bonds is 11. The van der Waals surface area contributed by atoms with Crippen molar-refractivity contribution in [3.05, 3.63) is 0 Å². The van der Waals surface area contributed by atoms with Crippen LogP contribution < -0.4 is 5.32 Å². The molecule has 0 heterocycles. The lowest BCUT2D eigenvalue weighted by atomic mass is 10.1. The largest absolute Gasteiger partial charge is 0.312 e. The van der Waals surface area contributed by atoms with Gasteiger partial charge in [0.15, 0.2) is 0 Å². The first-order chi connectivity index (χ1) is 9.56. The van der Waals surface area contributed by atoms with Crippen LogP contribution in [-0.4, -0.2) is 62.7 Å². The van der Waals surface area contributed by atoms with E-state index in [1.54, 1.807) is 0 Å². The highest BCUT2D eigenvalue weighted by Crippen LogP contribution is 2.44. The van der Waals surface area contributed by atoms with Gasteiger partial charge >= 0.3 is 0 Å². The molecule has 0 aromatic carbocycles. The minimum absolute atomic E-state index is 0.764. The summed E-state index contributed by atoms with van der Waals surface area (Å²) in [6.45, 7) is 10.6. The van der Waals surface area contributed by atoms with Gasteiger partial charge in [-0.25, -0.2) is 0 Å². The Kier molecular flexibility index (Phi) is 6.31. The number of likely N-dealkylation sites (N-methyl/N-ethyl adjacent to an activating group) is 1. The van der Waals surface area contributed by atoms with E-state index in [4.69, 9.17) is 0 Å². The lowest BCUT2D eigenvalue weighted by molar-refractivity contribution is 0.214. The van der Waals surface area contributed by atoms with Crippen molar-refractivity contribution in [1.29, 1.82) is 0 Å². The van der Waals surface area contributed by atoms with E-state index >= 15 is 0 Å². The van der Waals surface area contributed by atoms with E-state index in [1.807, 2.05) is 0 Å². The zero-order chi connectivity index (χ0) is 14.5. The molecule has 20 heavy (non-hydrogen) atoms. The topological polar surface area (TPSA) is 18.5 Å². The summed E-state index contributed by atoms with van der Waals surface area (Å²) in [5.41, 5.74) is 0. The monoisotopic (exact) mass is 281 g/mol. The molecule has 2 fully saturated rings. The zero-order valence-corrected chi connectivity index (χ0v) is 14.1. The molecule has 118 valence electrons. The van der Waals surface area contributed by atoms with Crippen LogP contribution in [0.2, 0.25) is 0 Å². The average molecular weight is 281 g/mol. The highest BCUT2D eigenvalue weighted by Gasteiger charge is 2.40. The Hall–Kier alpha value is -0.120. The van der Waals surface area contributed by atoms with Crippen molar-refractivity contribution in [2.45, 2.75) is 45.6 Å². The van der Waals surface area contributed by atoms with Gasteiger partial charge in [-0.3, -0.25) is 0 Å². The fraction of sp³-hybridized carbons (Fsp3) is 1.00. The van der Waals surface area contributed by atoms with Crippen molar-refractivity contribution in [3.63, 3.8) is 0 Å². The SMILES string of the molecule is CC(C)CN(CCNC(C1CC1)C1CC1)CCN(C)C. The van der Waals surface area contributed by atoms with Crippen LogP contribution in [-0.2, 0) is 0 Å². The van der Waals surface area contributed by atoms with Crippen molar-refractivity contribution in [3.8, 4) is 0 Å². The van der Waals surface area contributed by atoms with Crippen LogP contribution in [0, 0.1) is 17.8 Å². The molecule has 0 spiro atoms. The van der Waals surface area contributed by atoms with Crippen LogP contribution in [0.3, 0.4) is 0 Å². The second-order valence-electron chi connectivity index (χ2n) is 7.65. The second kappa shape index (κ2) is 7.77. The first kappa shape index (κ1) is 16.3. The molecule has 3 nitrogen and oxygen atoms in total. The zero-order valence-electron chi connectivity index (χ0n) is 14.1. The molecule has 0 radical (unpaired) electrons. The highest BCUT2D eigenvalue weighted by molar-refractivity contribution is 4.96. The molecule has 2 saturated carbocycles. The molecular weight excluding hydrogens is 246 g/mol. The summed E-state index contributed by atoms with van der Waals surface area (Å²) in [7, 11) is 4.34. The first-order valence-corrected chi connectivity index (χ1v) is 8.66. The van der Waals surface area contributed by atoms with Gasteiger partial charge in [0.1, 0.15) is 0 Å². The molecule has 0 aromatic heterocycles. The van der Waals surface area contributed by atoms with Gasteiger partial charge in [0.25, 0.3) is 0 Å². The third-order valence-electron chi connectivity index (χ3n) is 4.55. The molecule has 0 atom stereocenters. The second-order valence-corrected chi connectivity index (χ2v) is 7.65. The first-order valence-electron chi connectivity index (χ1n) is 8.66. The smallest absolute Gasteiger partial charge is 0.0124 e. The lowest BCUT2D eigenvalue weighted by Crippen LogP contribution is -2.42. The molecule has 0 aliphatic heterocycles.